The van der Waals surface area contributed by atoms with Gasteiger partial charge >= 0.3 is 0 Å². The number of nitrogens with zero attached hydrogens (tertiary/aromatic N) is 1. The first kappa shape index (κ1) is 14.4. The van der Waals surface area contributed by atoms with Gasteiger partial charge in [0.25, 0.3) is 0 Å². The third-order valence-corrected chi connectivity index (χ3v) is 4.18. The van der Waals surface area contributed by atoms with Crippen LogP contribution >= 0.6 is 0 Å². The number of nitrogens with one attached hydrogen (secondary N) is 1. The van der Waals surface area contributed by atoms with E-state index in [1.54, 1.807) is 0 Å². The predicted molar refractivity (Wildman–Crippen MR) is 84.1 cm³/mol. The van der Waals surface area contributed by atoms with Crippen LogP contribution in [0.2, 0.25) is 0 Å². The molecule has 1 saturated heterocycles. The number of hydrogen-bond donors (Lipinski definition) is 1. The molecule has 106 valence electrons. The molecule has 1 N–H and O–H groups in total. The van der Waals surface area contributed by atoms with Crippen LogP contribution in [-0.2, 0) is 0 Å². The van der Waals surface area contributed by atoms with Crippen LogP contribution in [0.15, 0.2) is 24.3 Å². The topological polar surface area (TPSA) is 15.3 Å². The van der Waals surface area contributed by atoms with Gasteiger partial charge in [-0.25, -0.2) is 0 Å². The number of hydrogen-bond acceptors (Lipinski definition) is 2. The first-order chi connectivity index (χ1) is 9.20. The molecule has 2 heteroatoms. The highest BCUT2D eigenvalue weighted by Crippen LogP contribution is 2.22. The summed E-state index contributed by atoms with van der Waals surface area (Å²) in [5, 5.41) is 3.65. The second kappa shape index (κ2) is 6.95. The Morgan fingerprint density at radius 2 is 2.16 bits per heavy atom. The second-order valence-electron chi connectivity index (χ2n) is 5.94. The first-order valence-electron chi connectivity index (χ1n) is 7.79. The van der Waals surface area contributed by atoms with Gasteiger partial charge in [0.15, 0.2) is 0 Å². The van der Waals surface area contributed by atoms with Crippen molar-refractivity contribution in [2.24, 2.45) is 0 Å². The van der Waals surface area contributed by atoms with Crippen LogP contribution in [0.3, 0.4) is 0 Å². The quantitative estimate of drug-likeness (QED) is 0.890. The maximum atomic E-state index is 3.65. The standard InChI is InChI=1S/C17H28N2/c1-4-16-9-12-19(11-6-10-18-16)17-8-5-7-15(13-17)14(2)3/h5,7-8,13-14,16,18H,4,6,9-12H2,1-3H3. The van der Waals surface area contributed by atoms with Gasteiger partial charge < -0.3 is 10.2 Å². The van der Waals surface area contributed by atoms with Gasteiger partial charge in [0, 0.05) is 24.8 Å². The van der Waals surface area contributed by atoms with Crippen LogP contribution in [0.1, 0.15) is 51.5 Å². The maximum absolute atomic E-state index is 3.65. The van der Waals surface area contributed by atoms with E-state index in [2.05, 4.69) is 55.3 Å². The average molecular weight is 260 g/mol. The van der Waals surface area contributed by atoms with Gasteiger partial charge in [-0.3, -0.25) is 0 Å². The van der Waals surface area contributed by atoms with Gasteiger partial charge in [-0.2, -0.15) is 0 Å². The Kier molecular flexibility index (Phi) is 5.26. The molecule has 1 heterocycles. The zero-order chi connectivity index (χ0) is 13.7. The SMILES string of the molecule is CCC1CCN(c2cccc(C(C)C)c2)CCCN1. The molecule has 1 fully saturated rings. The molecular weight excluding hydrogens is 232 g/mol. The zero-order valence-electron chi connectivity index (χ0n) is 12.7. The summed E-state index contributed by atoms with van der Waals surface area (Å²) in [6.07, 6.45) is 3.73. The number of benzene rings is 1. The molecule has 0 saturated carbocycles. The van der Waals surface area contributed by atoms with Crippen molar-refractivity contribution < 1.29 is 0 Å². The average Bonchev–Trinajstić information content (AvgIpc) is 2.39. The zero-order valence-corrected chi connectivity index (χ0v) is 12.7. The predicted octanol–water partition coefficient (Wildman–Crippen LogP) is 3.78. The van der Waals surface area contributed by atoms with E-state index in [-0.39, 0.29) is 0 Å². The first-order valence-corrected chi connectivity index (χ1v) is 7.79. The Morgan fingerprint density at radius 1 is 1.32 bits per heavy atom. The van der Waals surface area contributed by atoms with Crippen LogP contribution in [0.4, 0.5) is 5.69 Å². The van der Waals surface area contributed by atoms with Crippen molar-refractivity contribution in [2.75, 3.05) is 24.5 Å². The Bertz CT molecular complexity index is 387. The Morgan fingerprint density at radius 3 is 2.89 bits per heavy atom. The van der Waals surface area contributed by atoms with Crippen molar-refractivity contribution in [1.82, 2.24) is 5.32 Å². The molecular formula is C17H28N2. The monoisotopic (exact) mass is 260 g/mol. The van der Waals surface area contributed by atoms with Gasteiger partial charge in [0.1, 0.15) is 0 Å². The minimum absolute atomic E-state index is 0.611. The fourth-order valence-electron chi connectivity index (χ4n) is 2.79. The van der Waals surface area contributed by atoms with Crippen molar-refractivity contribution in [1.29, 1.82) is 0 Å². The highest BCUT2D eigenvalue weighted by molar-refractivity contribution is 5.49. The lowest BCUT2D eigenvalue weighted by molar-refractivity contribution is 0.439. The Labute approximate surface area is 118 Å². The lowest BCUT2D eigenvalue weighted by atomic mass is 10.0. The summed E-state index contributed by atoms with van der Waals surface area (Å²) >= 11 is 0. The van der Waals surface area contributed by atoms with E-state index in [1.165, 1.54) is 43.6 Å². The number of anilines is 1. The highest BCUT2D eigenvalue weighted by atomic mass is 15.1. The summed E-state index contributed by atoms with van der Waals surface area (Å²) in [5.41, 5.74) is 2.85. The Balaban J connectivity index is 2.08. The Hall–Kier alpha value is -1.02. The largest absolute Gasteiger partial charge is 0.371 e. The third kappa shape index (κ3) is 3.97. The fraction of sp³-hybridized carbons (Fsp3) is 0.647. The summed E-state index contributed by atoms with van der Waals surface area (Å²) in [6, 6.07) is 9.78. The lowest BCUT2D eigenvalue weighted by Crippen LogP contribution is -2.39. The molecule has 0 radical (unpaired) electrons. The summed E-state index contributed by atoms with van der Waals surface area (Å²) in [6.45, 7) is 10.3. The minimum Gasteiger partial charge on any atom is -0.371 e. The molecule has 1 aliphatic rings. The van der Waals surface area contributed by atoms with Crippen LogP contribution in [-0.4, -0.2) is 25.7 Å². The third-order valence-electron chi connectivity index (χ3n) is 4.18. The molecule has 19 heavy (non-hydrogen) atoms. The second-order valence-corrected chi connectivity index (χ2v) is 5.94. The van der Waals surface area contributed by atoms with E-state index in [0.29, 0.717) is 12.0 Å². The minimum atomic E-state index is 0.611. The molecule has 0 spiro atoms. The van der Waals surface area contributed by atoms with Crippen molar-refractivity contribution in [3.63, 3.8) is 0 Å². The molecule has 0 aliphatic carbocycles. The van der Waals surface area contributed by atoms with Gasteiger partial charge in [0.2, 0.25) is 0 Å². The van der Waals surface area contributed by atoms with Gasteiger partial charge in [-0.05, 0) is 49.4 Å². The molecule has 1 aliphatic heterocycles. The van der Waals surface area contributed by atoms with E-state index in [9.17, 15) is 0 Å². The normalized spacial score (nSPS) is 21.3. The molecule has 1 aromatic rings. The summed E-state index contributed by atoms with van der Waals surface area (Å²) in [4.78, 5) is 2.56. The van der Waals surface area contributed by atoms with Crippen molar-refractivity contribution >= 4 is 5.69 Å². The maximum Gasteiger partial charge on any atom is 0.0369 e. The molecule has 0 amide bonds. The highest BCUT2D eigenvalue weighted by Gasteiger charge is 2.14. The van der Waals surface area contributed by atoms with Crippen molar-refractivity contribution in [2.45, 2.75) is 52.0 Å². The van der Waals surface area contributed by atoms with E-state index in [4.69, 9.17) is 0 Å². The summed E-state index contributed by atoms with van der Waals surface area (Å²) in [5.74, 6) is 0.611. The molecule has 0 aromatic heterocycles. The number of rotatable bonds is 3. The molecule has 1 atom stereocenters. The molecule has 2 nitrogen and oxygen atoms in total. The van der Waals surface area contributed by atoms with Gasteiger partial charge in [-0.15, -0.1) is 0 Å². The van der Waals surface area contributed by atoms with E-state index in [1.807, 2.05) is 0 Å². The van der Waals surface area contributed by atoms with Crippen LogP contribution in [0.5, 0.6) is 0 Å². The van der Waals surface area contributed by atoms with E-state index in [0.717, 1.165) is 6.54 Å². The van der Waals surface area contributed by atoms with E-state index >= 15 is 0 Å². The molecule has 2 rings (SSSR count). The van der Waals surface area contributed by atoms with Crippen molar-refractivity contribution in [3.8, 4) is 0 Å². The smallest absolute Gasteiger partial charge is 0.0369 e. The molecule has 1 unspecified atom stereocenters. The van der Waals surface area contributed by atoms with Crippen LogP contribution in [0.25, 0.3) is 0 Å². The van der Waals surface area contributed by atoms with Gasteiger partial charge in [0.05, 0.1) is 0 Å². The van der Waals surface area contributed by atoms with Crippen LogP contribution in [0, 0.1) is 0 Å². The summed E-state index contributed by atoms with van der Waals surface area (Å²) in [7, 11) is 0. The van der Waals surface area contributed by atoms with Gasteiger partial charge in [-0.1, -0.05) is 32.9 Å². The molecule has 1 aromatic carbocycles. The van der Waals surface area contributed by atoms with Crippen LogP contribution < -0.4 is 10.2 Å². The lowest BCUT2D eigenvalue weighted by Gasteiger charge is -2.31. The fourth-order valence-corrected chi connectivity index (χ4v) is 2.79. The van der Waals surface area contributed by atoms with Crippen molar-refractivity contribution in [3.05, 3.63) is 29.8 Å². The van der Waals surface area contributed by atoms with E-state index < -0.39 is 0 Å². The molecule has 0 bridgehead atoms. The summed E-state index contributed by atoms with van der Waals surface area (Å²) < 4.78 is 0.